The average molecular weight is 669 g/mol. The second-order valence-electron chi connectivity index (χ2n) is 12.9. The Balaban J connectivity index is 1.15. The van der Waals surface area contributed by atoms with Crippen LogP contribution in [0.15, 0.2) is 194 Å². The molecule has 0 unspecified atom stereocenters. The minimum Gasteiger partial charge on any atom is -0.310 e. The molecule has 0 spiro atoms. The van der Waals surface area contributed by atoms with Crippen molar-refractivity contribution in [1.29, 1.82) is 0 Å². The molecule has 3 heteroatoms. The Labute approximate surface area is 300 Å². The molecule has 0 N–H and O–H groups in total. The van der Waals surface area contributed by atoms with Crippen molar-refractivity contribution in [2.75, 3.05) is 4.90 Å². The second kappa shape index (κ2) is 12.2. The van der Waals surface area contributed by atoms with E-state index in [0.29, 0.717) is 0 Å². The SMILES string of the molecule is c1ccc(-c2ccc(N(c3ccc(-c4cccc5c6ccccc6n(-c6ccccc6)c45)cc3)c3cccc4sc5ccccc5c34)cc2)cc1. The zero-order chi connectivity index (χ0) is 33.7. The molecule has 0 radical (unpaired) electrons. The van der Waals surface area contributed by atoms with Crippen molar-refractivity contribution in [3.8, 4) is 27.9 Å². The first-order chi connectivity index (χ1) is 25.3. The summed E-state index contributed by atoms with van der Waals surface area (Å²) in [6.07, 6.45) is 0. The molecule has 2 heterocycles. The van der Waals surface area contributed by atoms with Crippen LogP contribution >= 0.6 is 11.3 Å². The smallest absolute Gasteiger partial charge is 0.0619 e. The minimum atomic E-state index is 1.12. The molecule has 10 rings (SSSR count). The van der Waals surface area contributed by atoms with Crippen molar-refractivity contribution >= 4 is 70.4 Å². The summed E-state index contributed by atoms with van der Waals surface area (Å²) in [5.41, 5.74) is 11.8. The Hall–Kier alpha value is -6.42. The quantitative estimate of drug-likeness (QED) is 0.171. The van der Waals surface area contributed by atoms with Crippen LogP contribution in [0, 0.1) is 0 Å². The van der Waals surface area contributed by atoms with Crippen LogP contribution in [0.3, 0.4) is 0 Å². The standard InChI is InChI=1S/C48H32N2S/c1-3-13-33(14-4-1)34-25-29-37(30-26-34)49(44-22-12-24-46-47(44)42-18-8-10-23-45(42)51-46)38-31-27-35(28-32-38)39-19-11-20-41-40-17-7-9-21-43(40)50(48(39)41)36-15-5-2-6-16-36/h1-32H. The van der Waals surface area contributed by atoms with E-state index in [-0.39, 0.29) is 0 Å². The van der Waals surface area contributed by atoms with Gasteiger partial charge in [-0.25, -0.2) is 0 Å². The second-order valence-corrected chi connectivity index (χ2v) is 14.0. The van der Waals surface area contributed by atoms with Gasteiger partial charge in [0, 0.05) is 53.6 Å². The van der Waals surface area contributed by atoms with Crippen molar-refractivity contribution in [3.05, 3.63) is 194 Å². The van der Waals surface area contributed by atoms with Gasteiger partial charge in [-0.05, 0) is 77.4 Å². The number of fused-ring (bicyclic) bond motifs is 6. The minimum absolute atomic E-state index is 1.12. The average Bonchev–Trinajstić information content (AvgIpc) is 3.76. The molecule has 8 aromatic carbocycles. The topological polar surface area (TPSA) is 8.17 Å². The number of anilines is 3. The lowest BCUT2D eigenvalue weighted by Gasteiger charge is -2.27. The van der Waals surface area contributed by atoms with E-state index >= 15 is 0 Å². The van der Waals surface area contributed by atoms with Gasteiger partial charge in [-0.15, -0.1) is 11.3 Å². The summed E-state index contributed by atoms with van der Waals surface area (Å²) in [5, 5.41) is 5.09. The number of hydrogen-bond donors (Lipinski definition) is 0. The molecular formula is C48H32N2S. The molecule has 51 heavy (non-hydrogen) atoms. The van der Waals surface area contributed by atoms with Crippen LogP contribution < -0.4 is 4.90 Å². The zero-order valence-corrected chi connectivity index (χ0v) is 28.6. The Morgan fingerprint density at radius 3 is 1.73 bits per heavy atom. The third-order valence-electron chi connectivity index (χ3n) is 10.00. The lowest BCUT2D eigenvalue weighted by atomic mass is 10.0. The predicted octanol–water partition coefficient (Wildman–Crippen LogP) is 14.0. The largest absolute Gasteiger partial charge is 0.310 e. The summed E-state index contributed by atoms with van der Waals surface area (Å²) in [6, 6.07) is 70.3. The van der Waals surface area contributed by atoms with Gasteiger partial charge in [0.1, 0.15) is 0 Å². The lowest BCUT2D eigenvalue weighted by molar-refractivity contribution is 1.18. The summed E-state index contributed by atoms with van der Waals surface area (Å²) >= 11 is 1.86. The van der Waals surface area contributed by atoms with E-state index < -0.39 is 0 Å². The van der Waals surface area contributed by atoms with E-state index in [9.17, 15) is 0 Å². The monoisotopic (exact) mass is 668 g/mol. The molecule has 0 aliphatic heterocycles. The van der Waals surface area contributed by atoms with Crippen LogP contribution in [0.25, 0.3) is 69.9 Å². The van der Waals surface area contributed by atoms with Crippen LogP contribution in [-0.4, -0.2) is 4.57 Å². The van der Waals surface area contributed by atoms with Crippen LogP contribution in [0.5, 0.6) is 0 Å². The normalized spacial score (nSPS) is 11.5. The first-order valence-electron chi connectivity index (χ1n) is 17.4. The predicted molar refractivity (Wildman–Crippen MR) is 219 cm³/mol. The van der Waals surface area contributed by atoms with E-state index in [1.54, 1.807) is 0 Å². The van der Waals surface area contributed by atoms with E-state index in [1.165, 1.54) is 69.9 Å². The first-order valence-corrected chi connectivity index (χ1v) is 18.2. The molecular weight excluding hydrogens is 637 g/mol. The summed E-state index contributed by atoms with van der Waals surface area (Å²) < 4.78 is 5.00. The maximum Gasteiger partial charge on any atom is 0.0619 e. The van der Waals surface area contributed by atoms with Gasteiger partial charge in [0.15, 0.2) is 0 Å². The highest BCUT2D eigenvalue weighted by Gasteiger charge is 2.20. The van der Waals surface area contributed by atoms with Crippen LogP contribution in [0.2, 0.25) is 0 Å². The Kier molecular flexibility index (Phi) is 7.04. The lowest BCUT2D eigenvalue weighted by Crippen LogP contribution is -2.10. The molecule has 0 saturated heterocycles. The summed E-state index contributed by atoms with van der Waals surface area (Å²) in [6.45, 7) is 0. The van der Waals surface area contributed by atoms with Gasteiger partial charge in [0.05, 0.1) is 16.7 Å². The summed E-state index contributed by atoms with van der Waals surface area (Å²) in [4.78, 5) is 2.42. The first kappa shape index (κ1) is 29.5. The maximum atomic E-state index is 2.42. The van der Waals surface area contributed by atoms with Crippen molar-refractivity contribution in [3.63, 3.8) is 0 Å². The van der Waals surface area contributed by atoms with Crippen molar-refractivity contribution < 1.29 is 0 Å². The molecule has 2 aromatic heterocycles. The summed E-state index contributed by atoms with van der Waals surface area (Å²) in [5.74, 6) is 0. The highest BCUT2D eigenvalue weighted by molar-refractivity contribution is 7.26. The highest BCUT2D eigenvalue weighted by atomic mass is 32.1. The van der Waals surface area contributed by atoms with E-state index in [0.717, 1.165) is 17.1 Å². The number of thiophene rings is 1. The number of aromatic nitrogens is 1. The van der Waals surface area contributed by atoms with Gasteiger partial charge >= 0.3 is 0 Å². The van der Waals surface area contributed by atoms with Gasteiger partial charge in [0.25, 0.3) is 0 Å². The number of nitrogens with zero attached hydrogens (tertiary/aromatic N) is 2. The third kappa shape index (κ3) is 4.93. The molecule has 0 aliphatic carbocycles. The van der Waals surface area contributed by atoms with Crippen molar-refractivity contribution in [2.45, 2.75) is 0 Å². The molecule has 0 fully saturated rings. The zero-order valence-electron chi connectivity index (χ0n) is 27.8. The van der Waals surface area contributed by atoms with Gasteiger partial charge in [0.2, 0.25) is 0 Å². The molecule has 240 valence electrons. The fraction of sp³-hybridized carbons (Fsp3) is 0. The van der Waals surface area contributed by atoms with E-state index in [2.05, 4.69) is 204 Å². The van der Waals surface area contributed by atoms with Crippen molar-refractivity contribution in [2.24, 2.45) is 0 Å². The number of benzene rings is 8. The molecule has 10 aromatic rings. The fourth-order valence-corrected chi connectivity index (χ4v) is 8.82. The van der Waals surface area contributed by atoms with E-state index in [4.69, 9.17) is 0 Å². The number of para-hydroxylation sites is 3. The number of rotatable bonds is 6. The Bertz CT molecular complexity index is 2830. The molecule has 0 atom stereocenters. The Morgan fingerprint density at radius 1 is 0.392 bits per heavy atom. The summed E-state index contributed by atoms with van der Waals surface area (Å²) in [7, 11) is 0. The van der Waals surface area contributed by atoms with Gasteiger partial charge in [-0.2, -0.15) is 0 Å². The highest BCUT2D eigenvalue weighted by Crippen LogP contribution is 2.46. The molecule has 0 amide bonds. The fourth-order valence-electron chi connectivity index (χ4n) is 7.69. The van der Waals surface area contributed by atoms with Crippen LogP contribution in [-0.2, 0) is 0 Å². The molecule has 2 nitrogen and oxygen atoms in total. The van der Waals surface area contributed by atoms with E-state index in [1.807, 2.05) is 11.3 Å². The van der Waals surface area contributed by atoms with Crippen LogP contribution in [0.4, 0.5) is 17.1 Å². The molecule has 0 bridgehead atoms. The molecule has 0 saturated carbocycles. The van der Waals surface area contributed by atoms with Crippen LogP contribution in [0.1, 0.15) is 0 Å². The molecule has 0 aliphatic rings. The number of hydrogen-bond acceptors (Lipinski definition) is 2. The van der Waals surface area contributed by atoms with Crippen molar-refractivity contribution in [1.82, 2.24) is 4.57 Å². The van der Waals surface area contributed by atoms with Gasteiger partial charge in [-0.1, -0.05) is 133 Å². The maximum absolute atomic E-state index is 2.42. The third-order valence-corrected chi connectivity index (χ3v) is 11.1. The van der Waals surface area contributed by atoms with Gasteiger partial charge < -0.3 is 9.47 Å². The van der Waals surface area contributed by atoms with Gasteiger partial charge in [-0.3, -0.25) is 0 Å². The Morgan fingerprint density at radius 2 is 0.961 bits per heavy atom.